The molecule has 0 unspecified atom stereocenters. The van der Waals surface area contributed by atoms with Crippen LogP contribution in [0.25, 0.3) is 21.5 Å². The Kier molecular flexibility index (Phi) is 5.79. The Hall–Kier alpha value is -3.72. The van der Waals surface area contributed by atoms with Crippen LogP contribution in [0.1, 0.15) is 17.0 Å². The maximum atomic E-state index is 13.3. The standard InChI is InChI=1S/C25H24N4O4S/c1-15-26-23-24(34-15)22(17-10-11-19(32-2)20(13-17)33-3)27-29(25(23)31)14-21(30)28-12-6-8-16-7-4-5-9-18(16)28/h4-5,7,9-11,13H,6,8,12,14H2,1-3H3. The van der Waals surface area contributed by atoms with Gasteiger partial charge in [0.05, 0.1) is 23.9 Å². The molecule has 0 fully saturated rings. The number of hydrogen-bond acceptors (Lipinski definition) is 7. The summed E-state index contributed by atoms with van der Waals surface area (Å²) in [5, 5.41) is 5.39. The smallest absolute Gasteiger partial charge is 0.294 e. The van der Waals surface area contributed by atoms with E-state index < -0.39 is 0 Å². The van der Waals surface area contributed by atoms with Gasteiger partial charge in [-0.3, -0.25) is 9.59 Å². The zero-order chi connectivity index (χ0) is 23.8. The van der Waals surface area contributed by atoms with E-state index in [-0.39, 0.29) is 18.0 Å². The van der Waals surface area contributed by atoms with Crippen molar-refractivity contribution >= 4 is 33.1 Å². The molecule has 3 heterocycles. The van der Waals surface area contributed by atoms with Crippen molar-refractivity contribution in [3.63, 3.8) is 0 Å². The molecule has 34 heavy (non-hydrogen) atoms. The molecule has 9 heteroatoms. The van der Waals surface area contributed by atoms with Gasteiger partial charge in [-0.05, 0) is 49.6 Å². The van der Waals surface area contributed by atoms with Gasteiger partial charge >= 0.3 is 0 Å². The number of amides is 1. The second kappa shape index (κ2) is 8.90. The Labute approximate surface area is 200 Å². The normalized spacial score (nSPS) is 13.1. The van der Waals surface area contributed by atoms with Crippen molar-refractivity contribution in [2.24, 2.45) is 0 Å². The molecule has 1 aliphatic heterocycles. The predicted molar refractivity (Wildman–Crippen MR) is 132 cm³/mol. The molecular formula is C25H24N4O4S. The number of aryl methyl sites for hydroxylation is 2. The third kappa shape index (κ3) is 3.81. The van der Waals surface area contributed by atoms with Gasteiger partial charge in [-0.1, -0.05) is 18.2 Å². The number of benzene rings is 2. The molecule has 0 spiro atoms. The van der Waals surface area contributed by atoms with Gasteiger partial charge in [0.15, 0.2) is 17.0 Å². The monoisotopic (exact) mass is 476 g/mol. The highest BCUT2D eigenvalue weighted by Crippen LogP contribution is 2.35. The number of carbonyl (C=O) groups is 1. The van der Waals surface area contributed by atoms with Crippen LogP contribution < -0.4 is 19.9 Å². The van der Waals surface area contributed by atoms with E-state index in [1.165, 1.54) is 16.0 Å². The molecule has 5 rings (SSSR count). The molecule has 2 aromatic heterocycles. The third-order valence-electron chi connectivity index (χ3n) is 5.96. The van der Waals surface area contributed by atoms with E-state index >= 15 is 0 Å². The van der Waals surface area contributed by atoms with Crippen LogP contribution >= 0.6 is 11.3 Å². The summed E-state index contributed by atoms with van der Waals surface area (Å²) in [5.41, 5.74) is 3.30. The van der Waals surface area contributed by atoms with Crippen LogP contribution in [0.3, 0.4) is 0 Å². The number of hydrogen-bond donors (Lipinski definition) is 0. The van der Waals surface area contributed by atoms with Crippen molar-refractivity contribution in [2.75, 3.05) is 25.7 Å². The number of ether oxygens (including phenoxy) is 2. The average Bonchev–Trinajstić information content (AvgIpc) is 3.26. The molecule has 0 aliphatic carbocycles. The maximum Gasteiger partial charge on any atom is 0.294 e. The van der Waals surface area contributed by atoms with Crippen LogP contribution in [0, 0.1) is 6.92 Å². The Morgan fingerprint density at radius 2 is 1.91 bits per heavy atom. The summed E-state index contributed by atoms with van der Waals surface area (Å²) in [4.78, 5) is 32.8. The molecule has 8 nitrogen and oxygen atoms in total. The number of thiazole rings is 1. The number of aromatic nitrogens is 3. The Morgan fingerprint density at radius 3 is 2.71 bits per heavy atom. The molecule has 0 N–H and O–H groups in total. The Balaban J connectivity index is 1.59. The second-order valence-electron chi connectivity index (χ2n) is 8.07. The van der Waals surface area contributed by atoms with Crippen LogP contribution in [0.15, 0.2) is 47.3 Å². The molecule has 0 saturated heterocycles. The number of nitrogens with zero attached hydrogens (tertiary/aromatic N) is 4. The van der Waals surface area contributed by atoms with Crippen molar-refractivity contribution in [1.29, 1.82) is 0 Å². The van der Waals surface area contributed by atoms with Crippen LogP contribution in [-0.2, 0) is 17.8 Å². The number of rotatable bonds is 5. The summed E-state index contributed by atoms with van der Waals surface area (Å²) in [5.74, 6) is 0.969. The number of para-hydroxylation sites is 1. The first-order chi connectivity index (χ1) is 16.5. The van der Waals surface area contributed by atoms with Crippen molar-refractivity contribution in [3.05, 3.63) is 63.4 Å². The van der Waals surface area contributed by atoms with E-state index in [9.17, 15) is 9.59 Å². The number of anilines is 1. The molecule has 4 aromatic rings. The summed E-state index contributed by atoms with van der Waals surface area (Å²) in [6.45, 7) is 2.30. The highest BCUT2D eigenvalue weighted by atomic mass is 32.1. The molecule has 0 radical (unpaired) electrons. The van der Waals surface area contributed by atoms with Gasteiger partial charge < -0.3 is 14.4 Å². The lowest BCUT2D eigenvalue weighted by molar-refractivity contribution is -0.119. The Bertz CT molecular complexity index is 1460. The summed E-state index contributed by atoms with van der Waals surface area (Å²) in [6.07, 6.45) is 1.82. The molecule has 1 aliphatic rings. The summed E-state index contributed by atoms with van der Waals surface area (Å²) in [7, 11) is 3.14. The van der Waals surface area contributed by atoms with E-state index in [0.717, 1.165) is 34.7 Å². The SMILES string of the molecule is COc1ccc(-c2nn(CC(=O)N3CCCc4ccccc43)c(=O)c3nc(C)sc23)cc1OC. The molecule has 0 atom stereocenters. The minimum Gasteiger partial charge on any atom is -0.493 e. The van der Waals surface area contributed by atoms with Gasteiger partial charge in [0.1, 0.15) is 12.2 Å². The fourth-order valence-corrected chi connectivity index (χ4v) is 5.27. The maximum absolute atomic E-state index is 13.3. The molecule has 1 amide bonds. The first-order valence-electron chi connectivity index (χ1n) is 11.0. The average molecular weight is 477 g/mol. The van der Waals surface area contributed by atoms with Crippen LogP contribution in [0.4, 0.5) is 5.69 Å². The van der Waals surface area contributed by atoms with Gasteiger partial charge in [0.25, 0.3) is 5.56 Å². The third-order valence-corrected chi connectivity index (χ3v) is 6.94. The molecule has 2 aromatic carbocycles. The van der Waals surface area contributed by atoms with Gasteiger partial charge in [0, 0.05) is 17.8 Å². The second-order valence-corrected chi connectivity index (χ2v) is 9.27. The number of methoxy groups -OCH3 is 2. The first kappa shape index (κ1) is 22.1. The highest BCUT2D eigenvalue weighted by molar-refractivity contribution is 7.19. The van der Waals surface area contributed by atoms with E-state index in [1.807, 2.05) is 43.3 Å². The minimum absolute atomic E-state index is 0.167. The summed E-state index contributed by atoms with van der Waals surface area (Å²) >= 11 is 1.40. The van der Waals surface area contributed by atoms with E-state index in [0.29, 0.717) is 34.0 Å². The lowest BCUT2D eigenvalue weighted by Gasteiger charge is -2.29. The van der Waals surface area contributed by atoms with Crippen LogP contribution in [0.2, 0.25) is 0 Å². The van der Waals surface area contributed by atoms with Crippen LogP contribution in [0.5, 0.6) is 11.5 Å². The van der Waals surface area contributed by atoms with E-state index in [1.54, 1.807) is 25.2 Å². The number of fused-ring (bicyclic) bond motifs is 2. The minimum atomic E-state index is -0.373. The van der Waals surface area contributed by atoms with Crippen molar-refractivity contribution < 1.29 is 14.3 Å². The largest absolute Gasteiger partial charge is 0.493 e. The Morgan fingerprint density at radius 1 is 1.12 bits per heavy atom. The van der Waals surface area contributed by atoms with Crippen LogP contribution in [-0.4, -0.2) is 41.4 Å². The fraction of sp³-hybridized carbons (Fsp3) is 0.280. The topological polar surface area (TPSA) is 86.6 Å². The molecule has 0 saturated carbocycles. The predicted octanol–water partition coefficient (Wildman–Crippen LogP) is 3.83. The number of carbonyl (C=O) groups excluding carboxylic acids is 1. The summed E-state index contributed by atoms with van der Waals surface area (Å²) < 4.78 is 12.7. The zero-order valence-corrected chi connectivity index (χ0v) is 20.0. The highest BCUT2D eigenvalue weighted by Gasteiger charge is 2.25. The van der Waals surface area contributed by atoms with Gasteiger partial charge in [-0.25, -0.2) is 9.67 Å². The van der Waals surface area contributed by atoms with E-state index in [4.69, 9.17) is 9.47 Å². The van der Waals surface area contributed by atoms with Gasteiger partial charge in [0.2, 0.25) is 5.91 Å². The first-order valence-corrected chi connectivity index (χ1v) is 11.8. The van der Waals surface area contributed by atoms with Crippen molar-refractivity contribution in [1.82, 2.24) is 14.8 Å². The summed E-state index contributed by atoms with van der Waals surface area (Å²) in [6, 6.07) is 13.4. The quantitative estimate of drug-likeness (QED) is 0.435. The fourth-order valence-electron chi connectivity index (χ4n) is 4.35. The molecule has 0 bridgehead atoms. The van der Waals surface area contributed by atoms with Gasteiger partial charge in [-0.2, -0.15) is 5.10 Å². The zero-order valence-electron chi connectivity index (χ0n) is 19.2. The molecule has 174 valence electrons. The lowest BCUT2D eigenvalue weighted by atomic mass is 10.0. The van der Waals surface area contributed by atoms with Crippen molar-refractivity contribution in [3.8, 4) is 22.8 Å². The lowest BCUT2D eigenvalue weighted by Crippen LogP contribution is -2.40. The van der Waals surface area contributed by atoms with E-state index in [2.05, 4.69) is 10.1 Å². The van der Waals surface area contributed by atoms with Crippen molar-refractivity contribution in [2.45, 2.75) is 26.3 Å². The van der Waals surface area contributed by atoms with Gasteiger partial charge in [-0.15, -0.1) is 11.3 Å². The molecular weight excluding hydrogens is 452 g/mol.